The minimum Gasteiger partial charge on any atom is -0.302 e. The van der Waals surface area contributed by atoms with Gasteiger partial charge in [0.05, 0.1) is 6.42 Å². The molecule has 13 heavy (non-hydrogen) atoms. The highest BCUT2D eigenvalue weighted by Crippen LogP contribution is 2.11. The second-order valence-corrected chi connectivity index (χ2v) is 2.94. The monoisotopic (exact) mass is 172 g/mol. The van der Waals surface area contributed by atoms with Gasteiger partial charge < -0.3 is 4.79 Å². The van der Waals surface area contributed by atoms with Crippen LogP contribution in [0.5, 0.6) is 0 Å². The Morgan fingerprint density at radius 3 is 2.46 bits per heavy atom. The van der Waals surface area contributed by atoms with Gasteiger partial charge in [0.25, 0.3) is 0 Å². The van der Waals surface area contributed by atoms with Crippen LogP contribution in [0.3, 0.4) is 0 Å². The third kappa shape index (κ3) is 2.45. The first-order chi connectivity index (χ1) is 6.25. The number of rotatable bonds is 1. The third-order valence-corrected chi connectivity index (χ3v) is 1.88. The van der Waals surface area contributed by atoms with E-state index in [1.54, 1.807) is 0 Å². The van der Waals surface area contributed by atoms with Crippen molar-refractivity contribution in [2.24, 2.45) is 0 Å². The summed E-state index contributed by atoms with van der Waals surface area (Å²) >= 11 is 0. The van der Waals surface area contributed by atoms with Crippen molar-refractivity contribution in [3.63, 3.8) is 0 Å². The van der Waals surface area contributed by atoms with Crippen LogP contribution in [0.4, 0.5) is 0 Å². The number of aryl methyl sites for hydroxylation is 2. The summed E-state index contributed by atoms with van der Waals surface area (Å²) in [6.45, 7) is 4.05. The van der Waals surface area contributed by atoms with Crippen LogP contribution in [-0.2, 0) is 4.79 Å². The Morgan fingerprint density at radius 1 is 1.31 bits per heavy atom. The maximum Gasteiger partial charge on any atom is 0.131 e. The highest BCUT2D eigenvalue weighted by Gasteiger charge is 1.96. The van der Waals surface area contributed by atoms with Crippen molar-refractivity contribution >= 4 is 6.29 Å². The first-order valence-corrected chi connectivity index (χ1v) is 4.24. The molecule has 0 atom stereocenters. The Labute approximate surface area is 78.8 Å². The van der Waals surface area contributed by atoms with Crippen LogP contribution in [-0.4, -0.2) is 6.29 Å². The molecule has 0 amide bonds. The van der Waals surface area contributed by atoms with E-state index in [1.165, 1.54) is 11.1 Å². The Kier molecular flexibility index (Phi) is 3.28. The number of carbonyl (C=O) groups excluding carboxylic acids is 1. The minimum atomic E-state index is 0.313. The second-order valence-electron chi connectivity index (χ2n) is 2.94. The molecule has 0 unspecified atom stereocenters. The molecule has 0 fully saturated rings. The van der Waals surface area contributed by atoms with Crippen LogP contribution in [0.15, 0.2) is 18.2 Å². The van der Waals surface area contributed by atoms with Crippen molar-refractivity contribution in [2.45, 2.75) is 20.3 Å². The van der Waals surface area contributed by atoms with E-state index in [9.17, 15) is 4.79 Å². The number of aldehydes is 1. The molecule has 0 aliphatic carbocycles. The Bertz CT molecular complexity index is 346. The SMILES string of the molecule is Cc1cccc(C)c1C#CCC=O. The summed E-state index contributed by atoms with van der Waals surface area (Å²) in [6.07, 6.45) is 1.13. The van der Waals surface area contributed by atoms with Gasteiger partial charge in [0.1, 0.15) is 6.29 Å². The fraction of sp³-hybridized carbons (Fsp3) is 0.250. The molecule has 1 nitrogen and oxygen atoms in total. The molecular formula is C12H12O. The maximum absolute atomic E-state index is 10.1. The molecule has 1 aromatic rings. The van der Waals surface area contributed by atoms with Gasteiger partial charge in [-0.3, -0.25) is 0 Å². The molecule has 0 spiro atoms. The average Bonchev–Trinajstić information content (AvgIpc) is 2.10. The topological polar surface area (TPSA) is 17.1 Å². The first kappa shape index (κ1) is 9.54. The Morgan fingerprint density at radius 2 is 1.92 bits per heavy atom. The highest BCUT2D eigenvalue weighted by atomic mass is 16.1. The zero-order valence-corrected chi connectivity index (χ0v) is 7.92. The van der Waals surface area contributed by atoms with Gasteiger partial charge in [0.2, 0.25) is 0 Å². The molecule has 0 aliphatic heterocycles. The summed E-state index contributed by atoms with van der Waals surface area (Å²) < 4.78 is 0. The molecule has 66 valence electrons. The van der Waals surface area contributed by atoms with Crippen LogP contribution in [0.2, 0.25) is 0 Å². The summed E-state index contributed by atoms with van der Waals surface area (Å²) in [5.74, 6) is 5.82. The Hall–Kier alpha value is -1.55. The van der Waals surface area contributed by atoms with Crippen molar-refractivity contribution in [2.75, 3.05) is 0 Å². The van der Waals surface area contributed by atoms with Crippen LogP contribution >= 0.6 is 0 Å². The summed E-state index contributed by atoms with van der Waals surface area (Å²) in [6, 6.07) is 6.06. The van der Waals surface area contributed by atoms with Crippen molar-refractivity contribution in [3.8, 4) is 11.8 Å². The largest absolute Gasteiger partial charge is 0.302 e. The van der Waals surface area contributed by atoms with E-state index in [0.29, 0.717) is 6.42 Å². The summed E-state index contributed by atoms with van der Waals surface area (Å²) in [4.78, 5) is 10.1. The smallest absolute Gasteiger partial charge is 0.131 e. The van der Waals surface area contributed by atoms with Crippen LogP contribution < -0.4 is 0 Å². The fourth-order valence-corrected chi connectivity index (χ4v) is 1.19. The fourth-order valence-electron chi connectivity index (χ4n) is 1.19. The van der Waals surface area contributed by atoms with Crippen molar-refractivity contribution in [1.82, 2.24) is 0 Å². The highest BCUT2D eigenvalue weighted by molar-refractivity contribution is 5.56. The van der Waals surface area contributed by atoms with Crippen LogP contribution in [0.25, 0.3) is 0 Å². The molecule has 0 radical (unpaired) electrons. The van der Waals surface area contributed by atoms with Gasteiger partial charge in [-0.05, 0) is 25.0 Å². The van der Waals surface area contributed by atoms with E-state index in [-0.39, 0.29) is 0 Å². The molecule has 1 rings (SSSR count). The van der Waals surface area contributed by atoms with E-state index in [4.69, 9.17) is 0 Å². The van der Waals surface area contributed by atoms with Gasteiger partial charge in [-0.1, -0.05) is 30.0 Å². The minimum absolute atomic E-state index is 0.313. The lowest BCUT2D eigenvalue weighted by atomic mass is 10.0. The van der Waals surface area contributed by atoms with E-state index < -0.39 is 0 Å². The molecular weight excluding hydrogens is 160 g/mol. The molecule has 0 aromatic heterocycles. The third-order valence-electron chi connectivity index (χ3n) is 1.88. The zero-order valence-electron chi connectivity index (χ0n) is 7.92. The van der Waals surface area contributed by atoms with Crippen molar-refractivity contribution in [3.05, 3.63) is 34.9 Å². The summed E-state index contributed by atoms with van der Waals surface area (Å²) in [5, 5.41) is 0. The van der Waals surface area contributed by atoms with E-state index in [2.05, 4.69) is 11.8 Å². The maximum atomic E-state index is 10.1. The lowest BCUT2D eigenvalue weighted by Crippen LogP contribution is -1.86. The molecule has 0 aliphatic rings. The van der Waals surface area contributed by atoms with Crippen LogP contribution in [0, 0.1) is 25.7 Å². The van der Waals surface area contributed by atoms with Gasteiger partial charge in [-0.15, -0.1) is 0 Å². The van der Waals surface area contributed by atoms with Gasteiger partial charge in [-0.25, -0.2) is 0 Å². The van der Waals surface area contributed by atoms with Crippen molar-refractivity contribution < 1.29 is 4.79 Å². The van der Waals surface area contributed by atoms with E-state index >= 15 is 0 Å². The molecule has 0 heterocycles. The normalized spacial score (nSPS) is 8.77. The average molecular weight is 172 g/mol. The van der Waals surface area contributed by atoms with Gasteiger partial charge >= 0.3 is 0 Å². The summed E-state index contributed by atoms with van der Waals surface area (Å²) in [5.41, 5.74) is 3.38. The lowest BCUT2D eigenvalue weighted by molar-refractivity contribution is -0.107. The molecule has 1 heteroatoms. The molecule has 0 saturated carbocycles. The predicted molar refractivity (Wildman–Crippen MR) is 53.5 cm³/mol. The predicted octanol–water partition coefficient (Wildman–Crippen LogP) is 2.24. The molecule has 0 N–H and O–H groups in total. The van der Waals surface area contributed by atoms with Gasteiger partial charge in [0.15, 0.2) is 0 Å². The molecule has 1 aromatic carbocycles. The van der Waals surface area contributed by atoms with Crippen molar-refractivity contribution in [1.29, 1.82) is 0 Å². The molecule has 0 saturated heterocycles. The quantitative estimate of drug-likeness (QED) is 0.469. The first-order valence-electron chi connectivity index (χ1n) is 4.24. The number of carbonyl (C=O) groups is 1. The van der Waals surface area contributed by atoms with Crippen LogP contribution in [0.1, 0.15) is 23.1 Å². The van der Waals surface area contributed by atoms with Gasteiger partial charge in [0, 0.05) is 5.56 Å². The zero-order chi connectivity index (χ0) is 9.68. The van der Waals surface area contributed by atoms with E-state index in [1.807, 2.05) is 32.0 Å². The standard InChI is InChI=1S/C12H12O/c1-10-6-5-7-11(2)12(10)8-3-4-9-13/h5-7,9H,4H2,1-2H3. The Balaban J connectivity index is 3.01. The second kappa shape index (κ2) is 4.47. The summed E-state index contributed by atoms with van der Waals surface area (Å²) in [7, 11) is 0. The number of hydrogen-bond acceptors (Lipinski definition) is 1. The number of benzene rings is 1. The molecule has 0 bridgehead atoms. The van der Waals surface area contributed by atoms with Gasteiger partial charge in [-0.2, -0.15) is 0 Å². The number of hydrogen-bond donors (Lipinski definition) is 0. The van der Waals surface area contributed by atoms with E-state index in [0.717, 1.165) is 11.8 Å². The lowest BCUT2D eigenvalue weighted by Gasteiger charge is -2.00.